The standard InChI is InChI=1S/C11H6BrN3O2/c12-9-4-3-8(17-9)11-14-13-10-7(6-16)2-1-5-15(10)11/h1-6H. The van der Waals surface area contributed by atoms with Crippen molar-refractivity contribution in [3.05, 3.63) is 40.7 Å². The van der Waals surface area contributed by atoms with Crippen LogP contribution in [0, 0.1) is 0 Å². The number of pyridine rings is 1. The normalized spacial score (nSPS) is 10.9. The summed E-state index contributed by atoms with van der Waals surface area (Å²) < 4.78 is 7.75. The summed E-state index contributed by atoms with van der Waals surface area (Å²) in [5.74, 6) is 1.15. The number of carbonyl (C=O) groups is 1. The Kier molecular flexibility index (Phi) is 2.29. The highest BCUT2D eigenvalue weighted by Gasteiger charge is 2.13. The molecule has 0 bridgehead atoms. The molecule has 0 aromatic carbocycles. The molecule has 6 heteroatoms. The second kappa shape index (κ2) is 3.81. The fourth-order valence-corrected chi connectivity index (χ4v) is 1.94. The predicted octanol–water partition coefficient (Wildman–Crippen LogP) is 2.56. The van der Waals surface area contributed by atoms with E-state index in [1.54, 1.807) is 34.9 Å². The number of nitrogens with zero attached hydrogens (tertiary/aromatic N) is 3. The van der Waals surface area contributed by atoms with Crippen LogP contribution in [0.3, 0.4) is 0 Å². The summed E-state index contributed by atoms with van der Waals surface area (Å²) in [4.78, 5) is 10.9. The maximum Gasteiger partial charge on any atom is 0.204 e. The maximum absolute atomic E-state index is 10.9. The quantitative estimate of drug-likeness (QED) is 0.681. The summed E-state index contributed by atoms with van der Waals surface area (Å²) in [6, 6.07) is 7.02. The van der Waals surface area contributed by atoms with E-state index in [9.17, 15) is 4.79 Å². The molecule has 0 amide bonds. The summed E-state index contributed by atoms with van der Waals surface area (Å²) in [6.45, 7) is 0. The van der Waals surface area contributed by atoms with Crippen LogP contribution in [0.15, 0.2) is 39.5 Å². The number of halogens is 1. The Morgan fingerprint density at radius 3 is 2.88 bits per heavy atom. The van der Waals surface area contributed by atoms with Crippen molar-refractivity contribution in [1.29, 1.82) is 0 Å². The number of fused-ring (bicyclic) bond motifs is 1. The lowest BCUT2D eigenvalue weighted by Crippen LogP contribution is -1.91. The summed E-state index contributed by atoms with van der Waals surface area (Å²) >= 11 is 3.23. The molecule has 0 aliphatic heterocycles. The molecule has 0 spiro atoms. The van der Waals surface area contributed by atoms with Gasteiger partial charge in [-0.2, -0.15) is 0 Å². The molecule has 0 atom stereocenters. The number of hydrogen-bond acceptors (Lipinski definition) is 4. The van der Waals surface area contributed by atoms with Crippen molar-refractivity contribution >= 4 is 27.9 Å². The van der Waals surface area contributed by atoms with Gasteiger partial charge in [-0.1, -0.05) is 0 Å². The average molecular weight is 292 g/mol. The Morgan fingerprint density at radius 2 is 2.18 bits per heavy atom. The van der Waals surface area contributed by atoms with Crippen LogP contribution < -0.4 is 0 Å². The van der Waals surface area contributed by atoms with Gasteiger partial charge in [0.05, 0.1) is 5.56 Å². The summed E-state index contributed by atoms with van der Waals surface area (Å²) in [5.41, 5.74) is 1.02. The summed E-state index contributed by atoms with van der Waals surface area (Å²) in [6.07, 6.45) is 2.54. The van der Waals surface area contributed by atoms with Gasteiger partial charge in [0.2, 0.25) is 5.82 Å². The van der Waals surface area contributed by atoms with Crippen LogP contribution in [-0.4, -0.2) is 20.9 Å². The van der Waals surface area contributed by atoms with Crippen molar-refractivity contribution < 1.29 is 9.21 Å². The van der Waals surface area contributed by atoms with E-state index in [-0.39, 0.29) is 0 Å². The van der Waals surface area contributed by atoms with Crippen molar-refractivity contribution in [2.75, 3.05) is 0 Å². The molecule has 5 nitrogen and oxygen atoms in total. The minimum absolute atomic E-state index is 0.497. The van der Waals surface area contributed by atoms with Crippen molar-refractivity contribution in [2.24, 2.45) is 0 Å². The molecular weight excluding hydrogens is 286 g/mol. The Bertz CT molecular complexity index is 702. The molecule has 0 saturated heterocycles. The van der Waals surface area contributed by atoms with Gasteiger partial charge in [-0.3, -0.25) is 9.20 Å². The van der Waals surface area contributed by atoms with E-state index in [0.29, 0.717) is 27.5 Å². The number of carbonyl (C=O) groups excluding carboxylic acids is 1. The second-order valence-electron chi connectivity index (χ2n) is 3.40. The van der Waals surface area contributed by atoms with E-state index < -0.39 is 0 Å². The van der Waals surface area contributed by atoms with Crippen LogP contribution >= 0.6 is 15.9 Å². The molecule has 3 aromatic rings. The molecule has 3 heterocycles. The zero-order valence-corrected chi connectivity index (χ0v) is 10.1. The third-order valence-corrected chi connectivity index (χ3v) is 2.81. The SMILES string of the molecule is O=Cc1cccn2c(-c3ccc(Br)o3)nnc12. The molecular formula is C11H6BrN3O2. The van der Waals surface area contributed by atoms with E-state index in [1.807, 2.05) is 0 Å². The van der Waals surface area contributed by atoms with Gasteiger partial charge in [-0.05, 0) is 40.2 Å². The van der Waals surface area contributed by atoms with Gasteiger partial charge in [0.25, 0.3) is 0 Å². The van der Waals surface area contributed by atoms with Crippen LogP contribution in [0.2, 0.25) is 0 Å². The highest BCUT2D eigenvalue weighted by Crippen LogP contribution is 2.24. The van der Waals surface area contributed by atoms with Crippen LogP contribution in [0.4, 0.5) is 0 Å². The zero-order chi connectivity index (χ0) is 11.8. The topological polar surface area (TPSA) is 60.4 Å². The first-order chi connectivity index (χ1) is 8.29. The van der Waals surface area contributed by atoms with Crippen LogP contribution in [0.1, 0.15) is 10.4 Å². The van der Waals surface area contributed by atoms with Crippen molar-refractivity contribution in [3.63, 3.8) is 0 Å². The van der Waals surface area contributed by atoms with Crippen LogP contribution in [0.5, 0.6) is 0 Å². The van der Waals surface area contributed by atoms with E-state index in [1.165, 1.54) is 0 Å². The Labute approximate surface area is 104 Å². The third-order valence-electron chi connectivity index (χ3n) is 2.39. The Balaban J connectivity index is 2.28. The molecule has 0 aliphatic carbocycles. The van der Waals surface area contributed by atoms with Gasteiger partial charge in [-0.15, -0.1) is 10.2 Å². The number of aromatic nitrogens is 3. The van der Waals surface area contributed by atoms with Crippen molar-refractivity contribution in [3.8, 4) is 11.6 Å². The van der Waals surface area contributed by atoms with Gasteiger partial charge in [0.15, 0.2) is 22.4 Å². The molecule has 84 valence electrons. The molecule has 0 radical (unpaired) electrons. The first-order valence-corrected chi connectivity index (χ1v) is 5.63. The second-order valence-corrected chi connectivity index (χ2v) is 4.18. The lowest BCUT2D eigenvalue weighted by atomic mass is 10.3. The molecule has 17 heavy (non-hydrogen) atoms. The Hall–Kier alpha value is -1.95. The lowest BCUT2D eigenvalue weighted by Gasteiger charge is -1.97. The number of furan rings is 1. The van der Waals surface area contributed by atoms with Gasteiger partial charge in [0, 0.05) is 6.20 Å². The highest BCUT2D eigenvalue weighted by molar-refractivity contribution is 9.10. The molecule has 0 N–H and O–H groups in total. The summed E-state index contributed by atoms with van der Waals surface area (Å²) in [5, 5.41) is 8.01. The van der Waals surface area contributed by atoms with E-state index in [4.69, 9.17) is 4.42 Å². The van der Waals surface area contributed by atoms with Crippen LogP contribution in [-0.2, 0) is 0 Å². The molecule has 0 aliphatic rings. The number of rotatable bonds is 2. The van der Waals surface area contributed by atoms with Gasteiger partial charge >= 0.3 is 0 Å². The smallest absolute Gasteiger partial charge is 0.204 e. The maximum atomic E-state index is 10.9. The fourth-order valence-electron chi connectivity index (χ4n) is 1.63. The van der Waals surface area contributed by atoms with Crippen molar-refractivity contribution in [1.82, 2.24) is 14.6 Å². The molecule has 3 rings (SSSR count). The summed E-state index contributed by atoms with van der Waals surface area (Å²) in [7, 11) is 0. The predicted molar refractivity (Wildman–Crippen MR) is 63.8 cm³/mol. The van der Waals surface area contributed by atoms with E-state index >= 15 is 0 Å². The molecule has 0 unspecified atom stereocenters. The van der Waals surface area contributed by atoms with Gasteiger partial charge in [0.1, 0.15) is 0 Å². The van der Waals surface area contributed by atoms with Crippen LogP contribution in [0.25, 0.3) is 17.2 Å². The lowest BCUT2D eigenvalue weighted by molar-refractivity contribution is 0.112. The van der Waals surface area contributed by atoms with E-state index in [2.05, 4.69) is 26.1 Å². The highest BCUT2D eigenvalue weighted by atomic mass is 79.9. The number of hydrogen-bond donors (Lipinski definition) is 0. The average Bonchev–Trinajstić information content (AvgIpc) is 2.94. The molecule has 0 fully saturated rings. The monoisotopic (exact) mass is 291 g/mol. The first-order valence-electron chi connectivity index (χ1n) is 4.84. The first kappa shape index (κ1) is 10.2. The molecule has 0 saturated carbocycles. The largest absolute Gasteiger partial charge is 0.446 e. The minimum Gasteiger partial charge on any atom is -0.446 e. The Morgan fingerprint density at radius 1 is 1.29 bits per heavy atom. The van der Waals surface area contributed by atoms with E-state index in [0.717, 1.165) is 6.29 Å². The van der Waals surface area contributed by atoms with Gasteiger partial charge < -0.3 is 4.42 Å². The third kappa shape index (κ3) is 1.57. The fraction of sp³-hybridized carbons (Fsp3) is 0. The molecule has 3 aromatic heterocycles. The van der Waals surface area contributed by atoms with Gasteiger partial charge in [-0.25, -0.2) is 0 Å². The number of aldehydes is 1. The van der Waals surface area contributed by atoms with Crippen molar-refractivity contribution in [2.45, 2.75) is 0 Å². The minimum atomic E-state index is 0.497. The zero-order valence-electron chi connectivity index (χ0n) is 8.50.